The van der Waals surface area contributed by atoms with Gasteiger partial charge in [0.2, 0.25) is 0 Å². The zero-order chi connectivity index (χ0) is 16.7. The summed E-state index contributed by atoms with van der Waals surface area (Å²) in [6, 6.07) is 11.7. The standard InChI is InChI=1S/C18H22BNO3/c1-17(2)18(3,4)23-19(22-17)15-9-10-16(20-11-15)14-7-5-13(12-21)6-8-14/h5-11,21H,12H2,1-4H3. The van der Waals surface area contributed by atoms with E-state index >= 15 is 0 Å². The topological polar surface area (TPSA) is 51.6 Å². The predicted molar refractivity (Wildman–Crippen MR) is 91.3 cm³/mol. The van der Waals surface area contributed by atoms with Crippen LogP contribution >= 0.6 is 0 Å². The highest BCUT2D eigenvalue weighted by atomic mass is 16.7. The third-order valence-corrected chi connectivity index (χ3v) is 4.74. The molecular formula is C18H22BNO3. The first-order valence-corrected chi connectivity index (χ1v) is 7.84. The molecule has 4 nitrogen and oxygen atoms in total. The summed E-state index contributed by atoms with van der Waals surface area (Å²) in [5, 5.41) is 9.10. The minimum atomic E-state index is -0.390. The summed E-state index contributed by atoms with van der Waals surface area (Å²) in [6.07, 6.45) is 1.80. The minimum Gasteiger partial charge on any atom is -0.399 e. The second-order valence-corrected chi connectivity index (χ2v) is 6.92. The van der Waals surface area contributed by atoms with Crippen molar-refractivity contribution in [3.05, 3.63) is 48.2 Å². The van der Waals surface area contributed by atoms with E-state index in [1.807, 2.05) is 64.1 Å². The van der Waals surface area contributed by atoms with Gasteiger partial charge < -0.3 is 14.4 Å². The number of aliphatic hydroxyl groups excluding tert-OH is 1. The molecule has 3 rings (SSSR count). The molecule has 0 amide bonds. The van der Waals surface area contributed by atoms with Crippen LogP contribution in [0.1, 0.15) is 33.3 Å². The molecule has 0 radical (unpaired) electrons. The Balaban J connectivity index is 1.80. The summed E-state index contributed by atoms with van der Waals surface area (Å²) in [5.41, 5.74) is 3.01. The molecule has 120 valence electrons. The van der Waals surface area contributed by atoms with Crippen molar-refractivity contribution in [2.45, 2.75) is 45.5 Å². The van der Waals surface area contributed by atoms with Crippen molar-refractivity contribution < 1.29 is 14.4 Å². The summed E-state index contributed by atoms with van der Waals surface area (Å²) in [7, 11) is -0.390. The lowest BCUT2D eigenvalue weighted by atomic mass is 9.80. The molecule has 1 aliphatic heterocycles. The molecule has 2 heterocycles. The summed E-state index contributed by atoms with van der Waals surface area (Å²) in [5.74, 6) is 0. The first-order valence-electron chi connectivity index (χ1n) is 7.84. The maximum Gasteiger partial charge on any atom is 0.496 e. The predicted octanol–water partition coefficient (Wildman–Crippen LogP) is 2.54. The molecule has 1 aromatic carbocycles. The summed E-state index contributed by atoms with van der Waals surface area (Å²) < 4.78 is 12.1. The second-order valence-electron chi connectivity index (χ2n) is 6.92. The normalized spacial score (nSPS) is 19.1. The van der Waals surface area contributed by atoms with Crippen molar-refractivity contribution >= 4 is 12.6 Å². The van der Waals surface area contributed by atoms with Gasteiger partial charge >= 0.3 is 7.12 Å². The van der Waals surface area contributed by atoms with Crippen LogP contribution in [0.2, 0.25) is 0 Å². The molecule has 0 unspecified atom stereocenters. The summed E-state index contributed by atoms with van der Waals surface area (Å²) in [6.45, 7) is 8.21. The highest BCUT2D eigenvalue weighted by Gasteiger charge is 2.51. The highest BCUT2D eigenvalue weighted by Crippen LogP contribution is 2.36. The number of rotatable bonds is 3. The van der Waals surface area contributed by atoms with Crippen LogP contribution in [0.25, 0.3) is 11.3 Å². The molecule has 2 aromatic rings. The van der Waals surface area contributed by atoms with Gasteiger partial charge in [0.05, 0.1) is 23.5 Å². The van der Waals surface area contributed by atoms with E-state index in [2.05, 4.69) is 4.98 Å². The molecule has 0 spiro atoms. The monoisotopic (exact) mass is 311 g/mol. The van der Waals surface area contributed by atoms with Crippen molar-refractivity contribution in [1.82, 2.24) is 4.98 Å². The number of aromatic nitrogens is 1. The van der Waals surface area contributed by atoms with Crippen LogP contribution in [0, 0.1) is 0 Å². The first kappa shape index (κ1) is 16.2. The Morgan fingerprint density at radius 2 is 1.57 bits per heavy atom. The van der Waals surface area contributed by atoms with E-state index in [0.717, 1.165) is 22.3 Å². The Hall–Kier alpha value is -1.69. The maximum atomic E-state index is 9.10. The number of benzene rings is 1. The van der Waals surface area contributed by atoms with Gasteiger partial charge in [0.1, 0.15) is 0 Å². The van der Waals surface area contributed by atoms with Gasteiger partial charge in [0.15, 0.2) is 0 Å². The van der Waals surface area contributed by atoms with Gasteiger partial charge in [-0.1, -0.05) is 30.3 Å². The van der Waals surface area contributed by atoms with Crippen molar-refractivity contribution in [3.8, 4) is 11.3 Å². The molecule has 23 heavy (non-hydrogen) atoms. The lowest BCUT2D eigenvalue weighted by Crippen LogP contribution is -2.41. The number of pyridine rings is 1. The third kappa shape index (κ3) is 3.04. The molecule has 0 bridgehead atoms. The average Bonchev–Trinajstić information content (AvgIpc) is 2.76. The van der Waals surface area contributed by atoms with Gasteiger partial charge in [-0.2, -0.15) is 0 Å². The minimum absolute atomic E-state index is 0.0502. The van der Waals surface area contributed by atoms with E-state index < -0.39 is 7.12 Å². The maximum absolute atomic E-state index is 9.10. The van der Waals surface area contributed by atoms with Crippen LogP contribution in [0.4, 0.5) is 0 Å². The Labute approximate surface area is 137 Å². The van der Waals surface area contributed by atoms with Gasteiger partial charge in [-0.05, 0) is 39.3 Å². The molecule has 1 fully saturated rings. The molecule has 1 aromatic heterocycles. The van der Waals surface area contributed by atoms with E-state index in [4.69, 9.17) is 14.4 Å². The van der Waals surface area contributed by atoms with Crippen LogP contribution in [0.15, 0.2) is 42.6 Å². The van der Waals surface area contributed by atoms with Gasteiger partial charge in [0.25, 0.3) is 0 Å². The Morgan fingerprint density at radius 3 is 2.04 bits per heavy atom. The molecular weight excluding hydrogens is 289 g/mol. The SMILES string of the molecule is CC1(C)OB(c2ccc(-c3ccc(CO)cc3)nc2)OC1(C)C. The number of aliphatic hydroxyl groups is 1. The Kier molecular flexibility index (Phi) is 4.04. The van der Waals surface area contributed by atoms with Gasteiger partial charge in [-0.15, -0.1) is 0 Å². The molecule has 5 heteroatoms. The Bertz CT molecular complexity index is 664. The van der Waals surface area contributed by atoms with Crippen LogP contribution in [0.5, 0.6) is 0 Å². The second kappa shape index (κ2) is 5.75. The number of hydrogen-bond acceptors (Lipinski definition) is 4. The lowest BCUT2D eigenvalue weighted by molar-refractivity contribution is 0.00578. The number of nitrogens with zero attached hydrogens (tertiary/aromatic N) is 1. The van der Waals surface area contributed by atoms with E-state index in [9.17, 15) is 0 Å². The third-order valence-electron chi connectivity index (χ3n) is 4.74. The van der Waals surface area contributed by atoms with E-state index in [1.54, 1.807) is 6.20 Å². The molecule has 0 saturated carbocycles. The largest absolute Gasteiger partial charge is 0.496 e. The average molecular weight is 311 g/mol. The zero-order valence-corrected chi connectivity index (χ0v) is 14.0. The fourth-order valence-corrected chi connectivity index (χ4v) is 2.48. The van der Waals surface area contributed by atoms with Crippen molar-refractivity contribution in [1.29, 1.82) is 0 Å². The smallest absolute Gasteiger partial charge is 0.399 e. The van der Waals surface area contributed by atoms with Crippen LogP contribution in [0.3, 0.4) is 0 Å². The van der Waals surface area contributed by atoms with E-state index in [0.29, 0.717) is 0 Å². The van der Waals surface area contributed by atoms with Crippen LogP contribution < -0.4 is 5.46 Å². The van der Waals surface area contributed by atoms with Gasteiger partial charge in [-0.25, -0.2) is 0 Å². The molecule has 1 saturated heterocycles. The van der Waals surface area contributed by atoms with E-state index in [1.165, 1.54) is 0 Å². The van der Waals surface area contributed by atoms with Crippen molar-refractivity contribution in [3.63, 3.8) is 0 Å². The van der Waals surface area contributed by atoms with Crippen LogP contribution in [-0.2, 0) is 15.9 Å². The summed E-state index contributed by atoms with van der Waals surface area (Å²) in [4.78, 5) is 4.52. The molecule has 1 N–H and O–H groups in total. The fraction of sp³-hybridized carbons (Fsp3) is 0.389. The van der Waals surface area contributed by atoms with Gasteiger partial charge in [0, 0.05) is 17.2 Å². The lowest BCUT2D eigenvalue weighted by Gasteiger charge is -2.32. The summed E-state index contributed by atoms with van der Waals surface area (Å²) >= 11 is 0. The number of hydrogen-bond donors (Lipinski definition) is 1. The van der Waals surface area contributed by atoms with Crippen molar-refractivity contribution in [2.75, 3.05) is 0 Å². The van der Waals surface area contributed by atoms with Crippen molar-refractivity contribution in [2.24, 2.45) is 0 Å². The fourth-order valence-electron chi connectivity index (χ4n) is 2.48. The first-order chi connectivity index (χ1) is 10.8. The van der Waals surface area contributed by atoms with Gasteiger partial charge in [-0.3, -0.25) is 4.98 Å². The zero-order valence-electron chi connectivity index (χ0n) is 14.0. The van der Waals surface area contributed by atoms with Crippen LogP contribution in [-0.4, -0.2) is 28.4 Å². The Morgan fingerprint density at radius 1 is 0.957 bits per heavy atom. The molecule has 0 atom stereocenters. The van der Waals surface area contributed by atoms with E-state index in [-0.39, 0.29) is 17.8 Å². The quantitative estimate of drug-likeness (QED) is 0.885. The molecule has 1 aliphatic rings. The molecule has 0 aliphatic carbocycles. The highest BCUT2D eigenvalue weighted by molar-refractivity contribution is 6.62.